The highest BCUT2D eigenvalue weighted by atomic mass is 19.4. The molecule has 0 heterocycles. The van der Waals surface area contributed by atoms with Crippen molar-refractivity contribution < 1.29 is 40.6 Å². The molecule has 196 valence electrons. The molecular formula is C24H30F6N2O3. The number of carbonyl (C=O) groups is 1. The van der Waals surface area contributed by atoms with Crippen molar-refractivity contribution >= 4 is 5.97 Å². The van der Waals surface area contributed by atoms with Crippen LogP contribution in [-0.4, -0.2) is 25.7 Å². The largest absolute Gasteiger partial charge is 0.468 e. The van der Waals surface area contributed by atoms with Crippen LogP contribution in [0.4, 0.5) is 26.3 Å². The number of ether oxygens (including phenoxy) is 2. The molecule has 0 amide bonds. The Bertz CT molecular complexity index is 934. The molecule has 3 atom stereocenters. The minimum Gasteiger partial charge on any atom is -0.468 e. The van der Waals surface area contributed by atoms with Crippen LogP contribution in [0.1, 0.15) is 55.5 Å². The number of hydrogen-bond acceptors (Lipinski definition) is 5. The van der Waals surface area contributed by atoms with Gasteiger partial charge in [-0.15, -0.1) is 0 Å². The number of carbonyl (C=O) groups excluding carboxylic acids is 1. The number of rotatable bonds is 9. The Labute approximate surface area is 200 Å². The minimum absolute atomic E-state index is 0. The number of nitrogens with two attached hydrogens (primary N) is 2. The minimum atomic E-state index is -4.97. The molecule has 0 aromatic heterocycles. The molecular weight excluding hydrogens is 478 g/mol. The summed E-state index contributed by atoms with van der Waals surface area (Å²) >= 11 is 0. The van der Waals surface area contributed by atoms with Gasteiger partial charge in [0.25, 0.3) is 0 Å². The number of benzene rings is 2. The number of halogens is 6. The summed E-state index contributed by atoms with van der Waals surface area (Å²) in [6.07, 6.45) is -10.8. The molecule has 11 heteroatoms. The monoisotopic (exact) mass is 508 g/mol. The summed E-state index contributed by atoms with van der Waals surface area (Å²) in [5.41, 5.74) is 8.54. The van der Waals surface area contributed by atoms with Crippen LogP contribution in [0.5, 0.6) is 0 Å². The predicted molar refractivity (Wildman–Crippen MR) is 119 cm³/mol. The molecule has 0 aliphatic heterocycles. The molecule has 0 aliphatic carbocycles. The molecule has 0 radical (unpaired) electrons. The van der Waals surface area contributed by atoms with E-state index in [-0.39, 0.29) is 38.5 Å². The molecule has 0 bridgehead atoms. The van der Waals surface area contributed by atoms with Gasteiger partial charge in [-0.05, 0) is 49.1 Å². The number of esters is 1. The van der Waals surface area contributed by atoms with E-state index in [0.717, 1.165) is 0 Å². The van der Waals surface area contributed by atoms with Crippen molar-refractivity contribution in [2.75, 3.05) is 13.7 Å². The Morgan fingerprint density at radius 3 is 1.91 bits per heavy atom. The van der Waals surface area contributed by atoms with Gasteiger partial charge in [-0.2, -0.15) is 26.3 Å². The molecule has 4 N–H and O–H groups in total. The van der Waals surface area contributed by atoms with Crippen molar-refractivity contribution in [3.05, 3.63) is 70.8 Å². The third kappa shape index (κ3) is 8.22. The van der Waals surface area contributed by atoms with Crippen LogP contribution in [0, 0.1) is 0 Å². The van der Waals surface area contributed by atoms with Gasteiger partial charge in [0.15, 0.2) is 0 Å². The summed E-state index contributed by atoms with van der Waals surface area (Å²) in [7, 11) is 1.18. The molecule has 0 fully saturated rings. The van der Waals surface area contributed by atoms with Gasteiger partial charge < -0.3 is 20.9 Å². The summed E-state index contributed by atoms with van der Waals surface area (Å²) < 4.78 is 89.4. The molecule has 0 saturated heterocycles. The Morgan fingerprint density at radius 2 is 1.46 bits per heavy atom. The maximum Gasteiger partial charge on any atom is 0.416 e. The van der Waals surface area contributed by atoms with E-state index in [0.29, 0.717) is 17.7 Å². The third-order valence-corrected chi connectivity index (χ3v) is 5.42. The van der Waals surface area contributed by atoms with Gasteiger partial charge in [0, 0.05) is 0 Å². The second kappa shape index (κ2) is 11.9. The summed E-state index contributed by atoms with van der Waals surface area (Å²) in [6, 6.07) is 8.89. The van der Waals surface area contributed by atoms with Gasteiger partial charge in [0.1, 0.15) is 6.04 Å². The molecule has 2 rings (SSSR count). The fourth-order valence-electron chi connectivity index (χ4n) is 3.34. The SMILES string of the molecule is C.COC(=O)C(N)CC[C@@](N)(CO[C@H](C)c1cc(C(F)(F)F)cc(C(F)(F)F)c1)c1ccccc1. The lowest BCUT2D eigenvalue weighted by molar-refractivity contribution is -0.144. The first-order valence-corrected chi connectivity index (χ1v) is 10.3. The van der Waals surface area contributed by atoms with E-state index in [1.807, 2.05) is 0 Å². The Hall–Kier alpha value is -2.63. The predicted octanol–water partition coefficient (Wildman–Crippen LogP) is 5.57. The van der Waals surface area contributed by atoms with Crippen molar-refractivity contribution in [3.63, 3.8) is 0 Å². The fourth-order valence-corrected chi connectivity index (χ4v) is 3.34. The fraction of sp³-hybridized carbons (Fsp3) is 0.458. The van der Waals surface area contributed by atoms with Gasteiger partial charge in [-0.3, -0.25) is 4.79 Å². The van der Waals surface area contributed by atoms with Gasteiger partial charge >= 0.3 is 18.3 Å². The van der Waals surface area contributed by atoms with Crippen LogP contribution in [0.2, 0.25) is 0 Å². The second-order valence-electron chi connectivity index (χ2n) is 7.98. The zero-order valence-corrected chi connectivity index (χ0v) is 18.5. The Balaban J connectivity index is 0.00000612. The highest BCUT2D eigenvalue weighted by Crippen LogP contribution is 2.38. The highest BCUT2D eigenvalue weighted by molar-refractivity contribution is 5.75. The lowest BCUT2D eigenvalue weighted by atomic mass is 9.85. The molecule has 2 aromatic carbocycles. The van der Waals surface area contributed by atoms with Gasteiger partial charge in [0.2, 0.25) is 0 Å². The molecule has 0 saturated carbocycles. The summed E-state index contributed by atoms with van der Waals surface area (Å²) in [6.45, 7) is 1.07. The summed E-state index contributed by atoms with van der Waals surface area (Å²) in [4.78, 5) is 11.6. The van der Waals surface area contributed by atoms with Crippen LogP contribution in [-0.2, 0) is 32.2 Å². The van der Waals surface area contributed by atoms with Gasteiger partial charge in [-0.1, -0.05) is 37.8 Å². The molecule has 0 aliphatic rings. The summed E-state index contributed by atoms with van der Waals surface area (Å²) in [5, 5.41) is 0. The molecule has 35 heavy (non-hydrogen) atoms. The number of hydrogen-bond donors (Lipinski definition) is 2. The number of alkyl halides is 6. The van der Waals surface area contributed by atoms with Gasteiger partial charge in [-0.25, -0.2) is 0 Å². The standard InChI is InChI=1S/C23H26F6N2O3.CH4/c1-14(15-10-17(22(24,25)26)12-18(11-15)23(27,28)29)34-13-21(31,16-6-4-3-5-7-16)9-8-19(30)20(32)33-2;/h3-7,10-12,14,19H,8-9,13,30-31H2,1-2H3;1H4/t14-,19?,21-;/m1./s1. The van der Waals surface area contributed by atoms with E-state index in [1.54, 1.807) is 30.3 Å². The zero-order valence-electron chi connectivity index (χ0n) is 18.5. The van der Waals surface area contributed by atoms with Crippen LogP contribution in [0.25, 0.3) is 0 Å². The molecule has 5 nitrogen and oxygen atoms in total. The highest BCUT2D eigenvalue weighted by Gasteiger charge is 2.38. The first-order chi connectivity index (χ1) is 15.7. The lowest BCUT2D eigenvalue weighted by Crippen LogP contribution is -2.44. The second-order valence-corrected chi connectivity index (χ2v) is 7.98. The number of methoxy groups -OCH3 is 1. The summed E-state index contributed by atoms with van der Waals surface area (Å²) in [5.74, 6) is -0.645. The first-order valence-electron chi connectivity index (χ1n) is 10.3. The van der Waals surface area contributed by atoms with Crippen molar-refractivity contribution in [3.8, 4) is 0 Å². The first kappa shape index (κ1) is 30.4. The topological polar surface area (TPSA) is 87.6 Å². The van der Waals surface area contributed by atoms with Crippen molar-refractivity contribution in [1.29, 1.82) is 0 Å². The van der Waals surface area contributed by atoms with E-state index < -0.39 is 47.1 Å². The van der Waals surface area contributed by atoms with Crippen molar-refractivity contribution in [1.82, 2.24) is 0 Å². The van der Waals surface area contributed by atoms with Crippen LogP contribution < -0.4 is 11.5 Å². The quantitative estimate of drug-likeness (QED) is 0.342. The molecule has 1 unspecified atom stereocenters. The third-order valence-electron chi connectivity index (χ3n) is 5.42. The Kier molecular flexibility index (Phi) is 10.3. The normalized spacial score (nSPS) is 15.5. The lowest BCUT2D eigenvalue weighted by Gasteiger charge is -2.32. The van der Waals surface area contributed by atoms with Gasteiger partial charge in [0.05, 0.1) is 36.5 Å². The zero-order chi connectivity index (χ0) is 25.7. The van der Waals surface area contributed by atoms with Crippen LogP contribution >= 0.6 is 0 Å². The van der Waals surface area contributed by atoms with Crippen molar-refractivity contribution in [2.45, 2.75) is 57.2 Å². The average Bonchev–Trinajstić information content (AvgIpc) is 2.79. The Morgan fingerprint density at radius 1 is 0.943 bits per heavy atom. The molecule has 2 aromatic rings. The average molecular weight is 509 g/mol. The molecule has 0 spiro atoms. The van der Waals surface area contributed by atoms with Crippen molar-refractivity contribution in [2.24, 2.45) is 11.5 Å². The van der Waals surface area contributed by atoms with E-state index in [4.69, 9.17) is 16.2 Å². The maximum absolute atomic E-state index is 13.2. The smallest absolute Gasteiger partial charge is 0.416 e. The van der Waals surface area contributed by atoms with E-state index in [1.165, 1.54) is 14.0 Å². The van der Waals surface area contributed by atoms with Crippen LogP contribution in [0.15, 0.2) is 48.5 Å². The van der Waals surface area contributed by atoms with E-state index in [9.17, 15) is 31.1 Å². The maximum atomic E-state index is 13.2. The van der Waals surface area contributed by atoms with E-state index in [2.05, 4.69) is 4.74 Å². The van der Waals surface area contributed by atoms with Crippen LogP contribution in [0.3, 0.4) is 0 Å². The van der Waals surface area contributed by atoms with E-state index >= 15 is 0 Å².